The van der Waals surface area contributed by atoms with Gasteiger partial charge in [-0.2, -0.15) is 13.2 Å². The number of carbonyl (C=O) groups excluding carboxylic acids is 1. The van der Waals surface area contributed by atoms with E-state index in [2.05, 4.69) is 33.2 Å². The first-order valence-electron chi connectivity index (χ1n) is 9.21. The highest BCUT2D eigenvalue weighted by Gasteiger charge is 2.28. The summed E-state index contributed by atoms with van der Waals surface area (Å²) in [6.45, 7) is 2.03. The monoisotopic (exact) mass is 562 g/mol. The molecule has 2 N–H and O–H groups in total. The molecule has 0 heterocycles. The van der Waals surface area contributed by atoms with Crippen LogP contribution in [0.1, 0.15) is 19.4 Å². The molecule has 3 aromatic carbocycles. The Kier molecular flexibility index (Phi) is 6.90. The molecule has 0 radical (unpaired) electrons. The predicted molar refractivity (Wildman–Crippen MR) is 125 cm³/mol. The standard InChI is InChI=1S/C22H19ClF3IN2O2/c1-13(30)29-21(2,27)16-5-3-15-10-17(6-4-14(15)9-16)28-20-8-7-18(11-19(20)23)31-12-22(24,25)26/h3-11,28H,12H2,1-2H3,(H,29,30). The van der Waals surface area contributed by atoms with Crippen LogP contribution >= 0.6 is 34.2 Å². The van der Waals surface area contributed by atoms with Gasteiger partial charge in [-0.1, -0.05) is 29.8 Å². The van der Waals surface area contributed by atoms with Gasteiger partial charge in [0.2, 0.25) is 5.91 Å². The molecule has 0 aliphatic heterocycles. The molecule has 0 aliphatic rings. The van der Waals surface area contributed by atoms with E-state index in [4.69, 9.17) is 16.3 Å². The quantitative estimate of drug-likeness (QED) is 0.195. The number of hydrogen-bond donors (Lipinski definition) is 2. The average Bonchev–Trinajstić information content (AvgIpc) is 2.66. The minimum absolute atomic E-state index is 0.0416. The fraction of sp³-hybridized carbons (Fsp3) is 0.227. The number of anilines is 2. The third kappa shape index (κ3) is 6.39. The lowest BCUT2D eigenvalue weighted by molar-refractivity contribution is -0.153. The number of hydrogen-bond acceptors (Lipinski definition) is 3. The van der Waals surface area contributed by atoms with Crippen molar-refractivity contribution in [2.24, 2.45) is 0 Å². The molecule has 31 heavy (non-hydrogen) atoms. The Labute approximate surface area is 196 Å². The Bertz CT molecular complexity index is 1120. The third-order valence-electron chi connectivity index (χ3n) is 4.42. The van der Waals surface area contributed by atoms with Crippen molar-refractivity contribution in [1.82, 2.24) is 5.32 Å². The number of halogens is 5. The summed E-state index contributed by atoms with van der Waals surface area (Å²) < 4.78 is 41.1. The zero-order valence-corrected chi connectivity index (χ0v) is 19.5. The Balaban J connectivity index is 1.78. The van der Waals surface area contributed by atoms with Crippen LogP contribution < -0.4 is 15.4 Å². The van der Waals surface area contributed by atoms with Crippen LogP contribution in [0, 0.1) is 0 Å². The molecule has 0 saturated carbocycles. The van der Waals surface area contributed by atoms with E-state index in [1.165, 1.54) is 19.1 Å². The number of nitrogens with one attached hydrogen (secondary N) is 2. The van der Waals surface area contributed by atoms with E-state index in [1.807, 2.05) is 43.3 Å². The lowest BCUT2D eigenvalue weighted by Crippen LogP contribution is -2.36. The van der Waals surface area contributed by atoms with Gasteiger partial charge >= 0.3 is 6.18 Å². The molecule has 1 amide bonds. The number of benzene rings is 3. The highest BCUT2D eigenvalue weighted by Crippen LogP contribution is 2.34. The van der Waals surface area contributed by atoms with E-state index >= 15 is 0 Å². The lowest BCUT2D eigenvalue weighted by Gasteiger charge is -2.24. The molecule has 0 fully saturated rings. The van der Waals surface area contributed by atoms with Crippen molar-refractivity contribution in [1.29, 1.82) is 0 Å². The second-order valence-corrected chi connectivity index (χ2v) is 9.70. The molecule has 0 saturated heterocycles. The van der Waals surface area contributed by atoms with E-state index in [1.54, 1.807) is 6.07 Å². The SMILES string of the molecule is CC(=O)NC(C)(I)c1ccc2cc(Nc3ccc(OCC(F)(F)F)cc3Cl)ccc2c1. The molecule has 4 nitrogen and oxygen atoms in total. The number of carbonyl (C=O) groups is 1. The van der Waals surface area contributed by atoms with Gasteiger partial charge in [0.25, 0.3) is 0 Å². The molecule has 9 heteroatoms. The Morgan fingerprint density at radius 2 is 1.74 bits per heavy atom. The summed E-state index contributed by atoms with van der Waals surface area (Å²) in [6, 6.07) is 16.0. The van der Waals surface area contributed by atoms with Crippen molar-refractivity contribution in [2.75, 3.05) is 11.9 Å². The molecule has 3 rings (SSSR count). The lowest BCUT2D eigenvalue weighted by atomic mass is 10.0. The molecule has 1 unspecified atom stereocenters. The van der Waals surface area contributed by atoms with E-state index in [0.29, 0.717) is 5.69 Å². The molecule has 164 valence electrons. The number of fused-ring (bicyclic) bond motifs is 1. The van der Waals surface area contributed by atoms with E-state index < -0.39 is 16.3 Å². The highest BCUT2D eigenvalue weighted by molar-refractivity contribution is 14.1. The molecule has 1 atom stereocenters. The minimum atomic E-state index is -4.41. The maximum atomic E-state index is 12.3. The molecule has 0 bridgehead atoms. The Hall–Kier alpha value is -2.20. The fourth-order valence-corrected chi connectivity index (χ4v) is 3.96. The minimum Gasteiger partial charge on any atom is -0.484 e. The fourth-order valence-electron chi connectivity index (χ4n) is 3.03. The highest BCUT2D eigenvalue weighted by atomic mass is 127. The van der Waals surface area contributed by atoms with Crippen LogP contribution in [0.25, 0.3) is 10.8 Å². The van der Waals surface area contributed by atoms with Gasteiger partial charge in [0, 0.05) is 18.7 Å². The van der Waals surface area contributed by atoms with E-state index in [9.17, 15) is 18.0 Å². The zero-order chi connectivity index (χ0) is 22.8. The number of ether oxygens (including phenoxy) is 1. The number of amides is 1. The summed E-state index contributed by atoms with van der Waals surface area (Å²) >= 11 is 8.40. The van der Waals surface area contributed by atoms with Crippen LogP contribution in [0.15, 0.2) is 54.6 Å². The van der Waals surface area contributed by atoms with E-state index in [0.717, 1.165) is 22.0 Å². The molecule has 0 aliphatic carbocycles. The van der Waals surface area contributed by atoms with Crippen molar-refractivity contribution in [3.8, 4) is 5.75 Å². The maximum Gasteiger partial charge on any atom is 0.422 e. The summed E-state index contributed by atoms with van der Waals surface area (Å²) in [5, 5.41) is 8.30. The van der Waals surface area contributed by atoms with Gasteiger partial charge in [-0.15, -0.1) is 0 Å². The zero-order valence-electron chi connectivity index (χ0n) is 16.6. The van der Waals surface area contributed by atoms with Crippen molar-refractivity contribution < 1.29 is 22.7 Å². The summed E-state index contributed by atoms with van der Waals surface area (Å²) in [5.41, 5.74) is 2.28. The first-order chi connectivity index (χ1) is 14.4. The van der Waals surface area contributed by atoms with Crippen molar-refractivity contribution in [3.63, 3.8) is 0 Å². The van der Waals surface area contributed by atoms with Gasteiger partial charge in [-0.3, -0.25) is 4.79 Å². The first kappa shape index (κ1) is 23.5. The van der Waals surface area contributed by atoms with Gasteiger partial charge in [0.15, 0.2) is 6.61 Å². The largest absolute Gasteiger partial charge is 0.484 e. The topological polar surface area (TPSA) is 50.4 Å². The van der Waals surface area contributed by atoms with Crippen LogP contribution in [0.5, 0.6) is 5.75 Å². The summed E-state index contributed by atoms with van der Waals surface area (Å²) in [4.78, 5) is 11.5. The molecule has 0 spiro atoms. The molecular weight excluding hydrogens is 544 g/mol. The summed E-state index contributed by atoms with van der Waals surface area (Å²) in [5.74, 6) is -0.0665. The summed E-state index contributed by atoms with van der Waals surface area (Å²) in [6.07, 6.45) is -4.41. The van der Waals surface area contributed by atoms with Gasteiger partial charge in [0.05, 0.1) is 10.7 Å². The van der Waals surface area contributed by atoms with Crippen LogP contribution in [0.3, 0.4) is 0 Å². The second kappa shape index (κ2) is 9.12. The van der Waals surface area contributed by atoms with Crippen molar-refractivity contribution in [3.05, 3.63) is 65.2 Å². The van der Waals surface area contributed by atoms with Gasteiger partial charge in [0.1, 0.15) is 9.30 Å². The van der Waals surface area contributed by atoms with Crippen LogP contribution in [-0.4, -0.2) is 18.7 Å². The molecule has 3 aromatic rings. The van der Waals surface area contributed by atoms with Crippen molar-refractivity contribution >= 4 is 62.2 Å². The smallest absolute Gasteiger partial charge is 0.422 e. The number of alkyl halides is 4. The van der Waals surface area contributed by atoms with Crippen LogP contribution in [-0.2, 0) is 8.34 Å². The molecular formula is C22H19ClF3IN2O2. The van der Waals surface area contributed by atoms with Gasteiger partial charge < -0.3 is 15.4 Å². The Morgan fingerprint density at radius 3 is 2.39 bits per heavy atom. The molecule has 0 aromatic heterocycles. The predicted octanol–water partition coefficient (Wildman–Crippen LogP) is 6.92. The number of rotatable bonds is 6. The van der Waals surface area contributed by atoms with Gasteiger partial charge in [-0.25, -0.2) is 0 Å². The third-order valence-corrected chi connectivity index (χ3v) is 5.62. The maximum absolute atomic E-state index is 12.3. The normalized spacial score (nSPS) is 13.5. The Morgan fingerprint density at radius 1 is 1.06 bits per heavy atom. The first-order valence-corrected chi connectivity index (χ1v) is 10.7. The second-order valence-electron chi connectivity index (χ2n) is 7.13. The van der Waals surface area contributed by atoms with Crippen molar-refractivity contribution in [2.45, 2.75) is 23.6 Å². The van der Waals surface area contributed by atoms with Gasteiger partial charge in [-0.05, 0) is 76.2 Å². The van der Waals surface area contributed by atoms with Crippen LogP contribution in [0.4, 0.5) is 24.5 Å². The average molecular weight is 563 g/mol. The van der Waals surface area contributed by atoms with Crippen LogP contribution in [0.2, 0.25) is 5.02 Å². The summed E-state index contributed by atoms with van der Waals surface area (Å²) in [7, 11) is 0. The van der Waals surface area contributed by atoms with E-state index in [-0.39, 0.29) is 16.7 Å².